The lowest BCUT2D eigenvalue weighted by molar-refractivity contribution is -0.123. The fourth-order valence-corrected chi connectivity index (χ4v) is 5.04. The van der Waals surface area contributed by atoms with Crippen LogP contribution in [0.2, 0.25) is 0 Å². The molecule has 2 aromatic rings. The van der Waals surface area contributed by atoms with E-state index in [2.05, 4.69) is 15.0 Å². The van der Waals surface area contributed by atoms with Crippen molar-refractivity contribution in [2.75, 3.05) is 12.3 Å². The van der Waals surface area contributed by atoms with Crippen LogP contribution in [-0.4, -0.2) is 52.5 Å². The Kier molecular flexibility index (Phi) is 6.13. The highest BCUT2D eigenvalue weighted by molar-refractivity contribution is 7.53. The summed E-state index contributed by atoms with van der Waals surface area (Å²) in [6.45, 7) is 6.09. The van der Waals surface area contributed by atoms with Gasteiger partial charge in [0.25, 0.3) is 5.56 Å². The summed E-state index contributed by atoms with van der Waals surface area (Å²) >= 11 is 0. The van der Waals surface area contributed by atoms with Gasteiger partial charge in [0, 0.05) is 0 Å². The van der Waals surface area contributed by atoms with Gasteiger partial charge in [0.1, 0.15) is 6.10 Å². The maximum absolute atomic E-state index is 12.3. The predicted molar refractivity (Wildman–Crippen MR) is 99.0 cm³/mol. The predicted octanol–water partition coefficient (Wildman–Crippen LogP) is 0.265. The molecule has 6 N–H and O–H groups in total. The number of nitrogens with one attached hydrogen (secondary N) is 1. The van der Waals surface area contributed by atoms with Crippen LogP contribution in [0.15, 0.2) is 11.1 Å². The van der Waals surface area contributed by atoms with Crippen LogP contribution in [0.3, 0.4) is 0 Å². The first-order valence-corrected chi connectivity index (χ1v) is 10.1. The second-order valence-electron chi connectivity index (χ2n) is 7.05. The minimum atomic E-state index is -4.69. The highest BCUT2D eigenvalue weighted by Gasteiger charge is 2.54. The molecule has 11 nitrogen and oxygen atoms in total. The molecule has 0 unspecified atom stereocenters. The van der Waals surface area contributed by atoms with Crippen molar-refractivity contribution in [3.8, 4) is 0 Å². The van der Waals surface area contributed by atoms with Gasteiger partial charge in [0.2, 0.25) is 5.95 Å². The SMILES string of the molecule is CC(C)C(O[C@@H](CO)Cn1cnc2c(=O)[nH]c(N)nc21)(C(C)C)P(=O)(O)O. The van der Waals surface area contributed by atoms with Crippen molar-refractivity contribution in [3.05, 3.63) is 16.7 Å². The fourth-order valence-electron chi connectivity index (χ4n) is 3.40. The summed E-state index contributed by atoms with van der Waals surface area (Å²) in [4.78, 5) is 42.2. The Morgan fingerprint density at radius 1 is 1.33 bits per heavy atom. The summed E-state index contributed by atoms with van der Waals surface area (Å²) in [5.74, 6) is -1.14. The average molecular weight is 403 g/mol. The van der Waals surface area contributed by atoms with Crippen molar-refractivity contribution >= 4 is 24.7 Å². The van der Waals surface area contributed by atoms with Gasteiger partial charge >= 0.3 is 7.60 Å². The molecule has 0 aliphatic rings. The van der Waals surface area contributed by atoms with E-state index in [1.54, 1.807) is 27.7 Å². The Labute approximate surface area is 155 Å². The molecule has 2 rings (SSSR count). The van der Waals surface area contributed by atoms with Gasteiger partial charge in [-0.05, 0) is 11.8 Å². The summed E-state index contributed by atoms with van der Waals surface area (Å²) in [6.07, 6.45) is 0.365. The number of aliphatic hydroxyl groups excluding tert-OH is 1. The normalized spacial score (nSPS) is 14.4. The first-order valence-electron chi connectivity index (χ1n) is 8.49. The smallest absolute Gasteiger partial charge is 0.357 e. The Balaban J connectivity index is 2.42. The van der Waals surface area contributed by atoms with Crippen molar-refractivity contribution in [1.29, 1.82) is 0 Å². The highest BCUT2D eigenvalue weighted by atomic mass is 31.2. The lowest BCUT2D eigenvalue weighted by Gasteiger charge is -2.43. The number of aromatic amines is 1. The number of anilines is 1. The van der Waals surface area contributed by atoms with E-state index in [0.717, 1.165) is 0 Å². The molecule has 0 aliphatic heterocycles. The zero-order valence-electron chi connectivity index (χ0n) is 15.7. The first-order chi connectivity index (χ1) is 12.4. The topological polar surface area (TPSA) is 177 Å². The number of aromatic nitrogens is 4. The van der Waals surface area contributed by atoms with Crippen LogP contribution in [0.5, 0.6) is 0 Å². The van der Waals surface area contributed by atoms with Crippen molar-refractivity contribution in [2.24, 2.45) is 11.8 Å². The van der Waals surface area contributed by atoms with Crippen LogP contribution in [0.4, 0.5) is 5.95 Å². The van der Waals surface area contributed by atoms with Crippen LogP contribution in [0.25, 0.3) is 11.2 Å². The minimum absolute atomic E-state index is 0.0237. The van der Waals surface area contributed by atoms with Crippen molar-refractivity contribution < 1.29 is 24.2 Å². The van der Waals surface area contributed by atoms with Gasteiger partial charge in [-0.2, -0.15) is 4.98 Å². The van der Waals surface area contributed by atoms with Crippen LogP contribution >= 0.6 is 7.60 Å². The number of aliphatic hydroxyl groups is 1. The maximum atomic E-state index is 12.3. The van der Waals surface area contributed by atoms with E-state index >= 15 is 0 Å². The van der Waals surface area contributed by atoms with E-state index in [9.17, 15) is 24.3 Å². The number of nitrogen functional groups attached to an aromatic ring is 1. The molecule has 0 aliphatic carbocycles. The maximum Gasteiger partial charge on any atom is 0.357 e. The second-order valence-corrected chi connectivity index (χ2v) is 8.84. The average Bonchev–Trinajstić information content (AvgIpc) is 2.92. The van der Waals surface area contributed by atoms with Gasteiger partial charge in [-0.1, -0.05) is 27.7 Å². The molecule has 0 amide bonds. The number of nitrogens with two attached hydrogens (primary N) is 1. The Bertz CT molecular complexity index is 894. The molecule has 2 heterocycles. The van der Waals surface area contributed by atoms with Crippen LogP contribution < -0.4 is 11.3 Å². The molecule has 0 spiro atoms. The molecule has 0 aromatic carbocycles. The quantitative estimate of drug-likeness (QED) is 0.387. The lowest BCUT2D eigenvalue weighted by Crippen LogP contribution is -2.47. The fraction of sp³-hybridized carbons (Fsp3) is 0.667. The number of rotatable bonds is 8. The molecule has 12 heteroatoms. The van der Waals surface area contributed by atoms with Crippen LogP contribution in [0, 0.1) is 11.8 Å². The Morgan fingerprint density at radius 3 is 2.41 bits per heavy atom. The van der Waals surface area contributed by atoms with E-state index < -0.39 is 43.0 Å². The van der Waals surface area contributed by atoms with Crippen molar-refractivity contribution in [2.45, 2.75) is 45.7 Å². The van der Waals surface area contributed by atoms with Crippen molar-refractivity contribution in [3.63, 3.8) is 0 Å². The van der Waals surface area contributed by atoms with E-state index in [-0.39, 0.29) is 23.7 Å². The van der Waals surface area contributed by atoms with E-state index in [4.69, 9.17) is 10.5 Å². The van der Waals surface area contributed by atoms with Gasteiger partial charge in [0.15, 0.2) is 16.5 Å². The van der Waals surface area contributed by atoms with E-state index in [0.29, 0.717) is 0 Å². The third-order valence-electron chi connectivity index (χ3n) is 4.56. The summed E-state index contributed by atoms with van der Waals surface area (Å²) in [6, 6.07) is 0. The van der Waals surface area contributed by atoms with Crippen LogP contribution in [-0.2, 0) is 15.8 Å². The number of imidazole rings is 1. The van der Waals surface area contributed by atoms with Gasteiger partial charge in [-0.3, -0.25) is 14.3 Å². The monoisotopic (exact) mass is 403 g/mol. The van der Waals surface area contributed by atoms with Gasteiger partial charge in [0.05, 0.1) is 19.5 Å². The molecular weight excluding hydrogens is 377 g/mol. The largest absolute Gasteiger partial charge is 0.394 e. The summed E-state index contributed by atoms with van der Waals surface area (Å²) in [5, 5.41) is 8.00. The van der Waals surface area contributed by atoms with E-state index in [1.165, 1.54) is 10.9 Å². The Hall–Kier alpha value is -1.78. The summed E-state index contributed by atoms with van der Waals surface area (Å²) < 4.78 is 19.6. The first kappa shape index (κ1) is 21.5. The zero-order valence-corrected chi connectivity index (χ0v) is 16.6. The van der Waals surface area contributed by atoms with Crippen molar-refractivity contribution in [1.82, 2.24) is 19.5 Å². The van der Waals surface area contributed by atoms with E-state index in [1.807, 2.05) is 0 Å². The summed E-state index contributed by atoms with van der Waals surface area (Å²) in [7, 11) is -4.69. The minimum Gasteiger partial charge on any atom is -0.394 e. The lowest BCUT2D eigenvalue weighted by atomic mass is 9.95. The third kappa shape index (κ3) is 3.92. The molecule has 0 saturated carbocycles. The Morgan fingerprint density at radius 2 is 1.93 bits per heavy atom. The number of ether oxygens (including phenoxy) is 1. The second kappa shape index (κ2) is 7.69. The highest BCUT2D eigenvalue weighted by Crippen LogP contribution is 2.59. The molecule has 2 aromatic heterocycles. The number of fused-ring (bicyclic) bond motifs is 1. The number of hydrogen-bond donors (Lipinski definition) is 5. The molecule has 0 saturated heterocycles. The number of nitrogens with zero attached hydrogens (tertiary/aromatic N) is 3. The molecule has 1 atom stereocenters. The molecule has 0 radical (unpaired) electrons. The molecular formula is C15H26N5O6P. The molecule has 0 bridgehead atoms. The number of hydrogen-bond acceptors (Lipinski definition) is 7. The number of H-pyrrole nitrogens is 1. The van der Waals surface area contributed by atoms with Gasteiger partial charge < -0.3 is 29.9 Å². The van der Waals surface area contributed by atoms with Crippen LogP contribution in [0.1, 0.15) is 27.7 Å². The van der Waals surface area contributed by atoms with Gasteiger partial charge in [-0.25, -0.2) is 4.98 Å². The molecule has 27 heavy (non-hydrogen) atoms. The summed E-state index contributed by atoms with van der Waals surface area (Å²) in [5.41, 5.74) is 5.31. The zero-order chi connectivity index (χ0) is 20.6. The van der Waals surface area contributed by atoms with Gasteiger partial charge in [-0.15, -0.1) is 0 Å². The molecule has 152 valence electrons. The third-order valence-corrected chi connectivity index (χ3v) is 6.61. The standard InChI is InChI=1S/C15H26N5O6P/c1-8(2)15(9(3)4,27(23,24)25)26-10(6-21)5-20-7-17-11-12(20)18-14(16)19-13(11)22/h7-10,21H,5-6H2,1-4H3,(H2,23,24,25)(H3,16,18,19,22)/t10-/m1/s1. The molecule has 0 fully saturated rings.